The van der Waals surface area contributed by atoms with Gasteiger partial charge in [0.05, 0.1) is 16.8 Å². The number of fused-ring (bicyclic) bond motifs is 1. The van der Waals surface area contributed by atoms with E-state index in [1.807, 2.05) is 110 Å². The second-order valence-electron chi connectivity index (χ2n) is 12.7. The van der Waals surface area contributed by atoms with E-state index in [0.717, 1.165) is 39.0 Å². The molecule has 3 aromatic carbocycles. The van der Waals surface area contributed by atoms with Crippen molar-refractivity contribution in [3.8, 4) is 23.0 Å². The molecule has 1 amide bonds. The summed E-state index contributed by atoms with van der Waals surface area (Å²) in [6.45, 7) is 10.4. The number of pyridine rings is 1. The van der Waals surface area contributed by atoms with Crippen LogP contribution in [0.2, 0.25) is 0 Å². The lowest BCUT2D eigenvalue weighted by Crippen LogP contribution is -2.55. The lowest BCUT2D eigenvalue weighted by atomic mass is 10.1. The highest BCUT2D eigenvalue weighted by molar-refractivity contribution is 6.01. The van der Waals surface area contributed by atoms with Crippen LogP contribution in [-0.4, -0.2) is 57.0 Å². The van der Waals surface area contributed by atoms with E-state index in [9.17, 15) is 4.79 Å². The van der Waals surface area contributed by atoms with E-state index >= 15 is 0 Å². The molecule has 46 heavy (non-hydrogen) atoms. The number of carbonyl (C=O) groups excluding carboxylic acids is 1. The number of para-hydroxylation sites is 1. The lowest BCUT2D eigenvalue weighted by Gasteiger charge is -2.41. The number of nitrogens with zero attached hydrogens (tertiary/aromatic N) is 5. The minimum Gasteiger partial charge on any atom is -0.473 e. The normalized spacial score (nSPS) is 15.2. The molecule has 9 heteroatoms. The number of hydrogen-bond donors (Lipinski definition) is 0. The van der Waals surface area contributed by atoms with Gasteiger partial charge in [-0.05, 0) is 51.0 Å². The molecule has 0 spiro atoms. The van der Waals surface area contributed by atoms with E-state index in [1.165, 1.54) is 0 Å². The molecule has 0 bridgehead atoms. The molecule has 1 aliphatic rings. The molecule has 6 rings (SSSR count). The standard InChI is InChI=1S/C37H41N5O4/c1-26-23-41(21-22-42(26)36(43)46-37(2,3)4)31-18-12-17-29-33(39-40(5)34(29)31)30-19-20-32(44-24-27-13-8-6-9-14-27)38-35(30)45-25-28-15-10-7-11-16-28/h6-20,26H,21-25H2,1-5H3/t26-/m0/s1. The van der Waals surface area contributed by atoms with Crippen LogP contribution in [0.5, 0.6) is 11.8 Å². The van der Waals surface area contributed by atoms with Gasteiger partial charge in [0.25, 0.3) is 0 Å². The molecule has 0 aliphatic carbocycles. The van der Waals surface area contributed by atoms with E-state index in [-0.39, 0.29) is 12.1 Å². The molecule has 1 aliphatic heterocycles. The van der Waals surface area contributed by atoms with Gasteiger partial charge in [-0.1, -0.05) is 72.8 Å². The monoisotopic (exact) mass is 619 g/mol. The van der Waals surface area contributed by atoms with Crippen LogP contribution in [0.3, 0.4) is 0 Å². The fourth-order valence-electron chi connectivity index (χ4n) is 5.79. The first-order valence-corrected chi connectivity index (χ1v) is 15.7. The Kier molecular flexibility index (Phi) is 8.83. The Morgan fingerprint density at radius 1 is 0.848 bits per heavy atom. The summed E-state index contributed by atoms with van der Waals surface area (Å²) in [4.78, 5) is 21.8. The molecule has 1 atom stereocenters. The zero-order chi connectivity index (χ0) is 32.3. The van der Waals surface area contributed by atoms with E-state index in [2.05, 4.69) is 30.0 Å². The minimum absolute atomic E-state index is 0.0165. The number of hydrogen-bond acceptors (Lipinski definition) is 7. The van der Waals surface area contributed by atoms with E-state index < -0.39 is 5.60 Å². The van der Waals surface area contributed by atoms with Gasteiger partial charge in [-0.3, -0.25) is 4.68 Å². The zero-order valence-corrected chi connectivity index (χ0v) is 27.1. The second kappa shape index (κ2) is 13.1. The van der Waals surface area contributed by atoms with Crippen LogP contribution >= 0.6 is 0 Å². The fourth-order valence-corrected chi connectivity index (χ4v) is 5.79. The molecule has 238 valence electrons. The molecular formula is C37H41N5O4. The van der Waals surface area contributed by atoms with Crippen molar-refractivity contribution in [1.29, 1.82) is 0 Å². The van der Waals surface area contributed by atoms with Gasteiger partial charge in [0.1, 0.15) is 24.5 Å². The lowest BCUT2D eigenvalue weighted by molar-refractivity contribution is 0.0159. The predicted octanol–water partition coefficient (Wildman–Crippen LogP) is 7.24. The van der Waals surface area contributed by atoms with Crippen LogP contribution in [0.25, 0.3) is 22.2 Å². The van der Waals surface area contributed by atoms with Crippen molar-refractivity contribution >= 4 is 22.7 Å². The van der Waals surface area contributed by atoms with Crippen molar-refractivity contribution in [2.24, 2.45) is 7.05 Å². The average Bonchev–Trinajstić information content (AvgIpc) is 3.39. The summed E-state index contributed by atoms with van der Waals surface area (Å²) in [5.41, 5.74) is 5.21. The van der Waals surface area contributed by atoms with Gasteiger partial charge in [-0.25, -0.2) is 4.79 Å². The SMILES string of the molecule is C[C@H]1CN(c2cccc3c(-c4ccc(OCc5ccccc5)nc4OCc4ccccc4)nn(C)c23)CCN1C(=O)OC(C)(C)C. The van der Waals surface area contributed by atoms with Crippen LogP contribution < -0.4 is 14.4 Å². The van der Waals surface area contributed by atoms with Crippen LogP contribution in [-0.2, 0) is 25.0 Å². The van der Waals surface area contributed by atoms with Crippen LogP contribution in [0.15, 0.2) is 91.0 Å². The maximum atomic E-state index is 12.9. The summed E-state index contributed by atoms with van der Waals surface area (Å²) in [7, 11) is 1.96. The van der Waals surface area contributed by atoms with Crippen molar-refractivity contribution in [1.82, 2.24) is 19.7 Å². The molecule has 0 unspecified atom stereocenters. The summed E-state index contributed by atoms with van der Waals surface area (Å²) in [6, 6.07) is 30.1. The Labute approximate surface area is 270 Å². The quantitative estimate of drug-likeness (QED) is 0.181. The molecule has 3 heterocycles. The molecule has 0 saturated carbocycles. The summed E-state index contributed by atoms with van der Waals surface area (Å²) in [5.74, 6) is 0.938. The molecule has 5 aromatic rings. The number of amides is 1. The highest BCUT2D eigenvalue weighted by Gasteiger charge is 2.32. The first-order valence-electron chi connectivity index (χ1n) is 15.7. The number of rotatable bonds is 8. The van der Waals surface area contributed by atoms with Gasteiger partial charge in [-0.15, -0.1) is 0 Å². The van der Waals surface area contributed by atoms with Crippen molar-refractivity contribution in [2.45, 2.75) is 52.6 Å². The van der Waals surface area contributed by atoms with Gasteiger partial charge in [0.2, 0.25) is 11.8 Å². The summed E-state index contributed by atoms with van der Waals surface area (Å²) >= 11 is 0. The predicted molar refractivity (Wildman–Crippen MR) is 180 cm³/mol. The second-order valence-corrected chi connectivity index (χ2v) is 12.7. The molecule has 2 aromatic heterocycles. The third kappa shape index (κ3) is 6.93. The zero-order valence-electron chi connectivity index (χ0n) is 27.1. The molecule has 0 N–H and O–H groups in total. The van der Waals surface area contributed by atoms with Gasteiger partial charge < -0.3 is 24.0 Å². The summed E-state index contributed by atoms with van der Waals surface area (Å²) in [6.07, 6.45) is -0.271. The Morgan fingerprint density at radius 3 is 2.17 bits per heavy atom. The van der Waals surface area contributed by atoms with Gasteiger partial charge >= 0.3 is 6.09 Å². The average molecular weight is 620 g/mol. The highest BCUT2D eigenvalue weighted by atomic mass is 16.6. The van der Waals surface area contributed by atoms with Gasteiger partial charge in [-0.2, -0.15) is 10.1 Å². The van der Waals surface area contributed by atoms with Gasteiger partial charge in [0.15, 0.2) is 0 Å². The number of carbonyl (C=O) groups is 1. The Bertz CT molecular complexity index is 1800. The van der Waals surface area contributed by atoms with E-state index in [4.69, 9.17) is 24.3 Å². The van der Waals surface area contributed by atoms with E-state index in [1.54, 1.807) is 0 Å². The van der Waals surface area contributed by atoms with Crippen LogP contribution in [0, 0.1) is 0 Å². The van der Waals surface area contributed by atoms with Crippen molar-refractivity contribution in [3.05, 3.63) is 102 Å². The molecule has 0 radical (unpaired) electrons. The number of benzene rings is 3. The molecule has 9 nitrogen and oxygen atoms in total. The number of ether oxygens (including phenoxy) is 3. The Hall–Kier alpha value is -5.05. The van der Waals surface area contributed by atoms with E-state index in [0.29, 0.717) is 44.6 Å². The number of piperazine rings is 1. The first kappa shape index (κ1) is 31.0. The van der Waals surface area contributed by atoms with Crippen molar-refractivity contribution < 1.29 is 19.0 Å². The third-order valence-electron chi connectivity index (χ3n) is 7.98. The number of anilines is 1. The topological polar surface area (TPSA) is 82.0 Å². The largest absolute Gasteiger partial charge is 0.473 e. The van der Waals surface area contributed by atoms with Crippen LogP contribution in [0.4, 0.5) is 10.5 Å². The minimum atomic E-state index is -0.532. The highest BCUT2D eigenvalue weighted by Crippen LogP contribution is 2.38. The van der Waals surface area contributed by atoms with Crippen LogP contribution in [0.1, 0.15) is 38.8 Å². The molecular weight excluding hydrogens is 578 g/mol. The smallest absolute Gasteiger partial charge is 0.410 e. The molecule has 1 fully saturated rings. The van der Waals surface area contributed by atoms with Crippen molar-refractivity contribution in [3.63, 3.8) is 0 Å². The van der Waals surface area contributed by atoms with Crippen molar-refractivity contribution in [2.75, 3.05) is 24.5 Å². The maximum absolute atomic E-state index is 12.9. The number of aryl methyl sites for hydroxylation is 1. The maximum Gasteiger partial charge on any atom is 0.410 e. The third-order valence-corrected chi connectivity index (χ3v) is 7.98. The fraction of sp³-hybridized carbons (Fsp3) is 0.324. The molecule has 1 saturated heterocycles. The summed E-state index contributed by atoms with van der Waals surface area (Å²) < 4.78 is 20.0. The Balaban J connectivity index is 1.30. The van der Waals surface area contributed by atoms with Gasteiger partial charge in [0, 0.05) is 44.2 Å². The summed E-state index contributed by atoms with van der Waals surface area (Å²) in [5, 5.41) is 5.99. The number of aromatic nitrogens is 3. The first-order chi connectivity index (χ1) is 22.2. The Morgan fingerprint density at radius 2 is 1.52 bits per heavy atom.